The summed E-state index contributed by atoms with van der Waals surface area (Å²) in [5.74, 6) is 1.13. The lowest BCUT2D eigenvalue weighted by molar-refractivity contribution is 0.245. The van der Waals surface area contributed by atoms with Crippen molar-refractivity contribution in [2.75, 3.05) is 6.54 Å². The Bertz CT molecular complexity index is 773. The number of hydrogen-bond donors (Lipinski definition) is 1. The number of benzene rings is 1. The van der Waals surface area contributed by atoms with E-state index in [4.69, 9.17) is 4.98 Å². The van der Waals surface area contributed by atoms with E-state index in [-0.39, 0.29) is 0 Å². The van der Waals surface area contributed by atoms with Gasteiger partial charge in [-0.1, -0.05) is 25.5 Å². The molecule has 0 spiro atoms. The van der Waals surface area contributed by atoms with Crippen LogP contribution in [-0.2, 0) is 13.0 Å². The molecule has 24 heavy (non-hydrogen) atoms. The van der Waals surface area contributed by atoms with Crippen LogP contribution in [0.2, 0.25) is 0 Å². The number of nitrogens with zero attached hydrogens (tertiary/aromatic N) is 3. The zero-order valence-corrected chi connectivity index (χ0v) is 15.0. The molecule has 126 valence electrons. The zero-order chi connectivity index (χ0) is 16.4. The van der Waals surface area contributed by atoms with E-state index in [2.05, 4.69) is 46.1 Å². The molecule has 1 aromatic carbocycles. The molecule has 2 aromatic heterocycles. The first-order valence-electron chi connectivity index (χ1n) is 8.96. The molecule has 3 aromatic rings. The number of rotatable bonds is 6. The fourth-order valence-electron chi connectivity index (χ4n) is 3.50. The van der Waals surface area contributed by atoms with E-state index in [1.165, 1.54) is 41.1 Å². The normalized spacial score (nSPS) is 18.6. The summed E-state index contributed by atoms with van der Waals surface area (Å²) in [6, 6.07) is 8.90. The summed E-state index contributed by atoms with van der Waals surface area (Å²) in [5, 5.41) is 1.26. The molecule has 0 bridgehead atoms. The van der Waals surface area contributed by atoms with Gasteiger partial charge in [-0.3, -0.25) is 4.90 Å². The van der Waals surface area contributed by atoms with Gasteiger partial charge in [0.15, 0.2) is 0 Å². The van der Waals surface area contributed by atoms with E-state index < -0.39 is 0 Å². The second-order valence-electron chi connectivity index (χ2n) is 6.61. The number of para-hydroxylation sites is 1. The van der Waals surface area contributed by atoms with E-state index >= 15 is 0 Å². The molecule has 4 rings (SSSR count). The molecule has 0 unspecified atom stereocenters. The van der Waals surface area contributed by atoms with Crippen LogP contribution in [0.4, 0.5) is 0 Å². The third-order valence-corrected chi connectivity index (χ3v) is 5.92. The molecule has 0 radical (unpaired) electrons. The Labute approximate surface area is 146 Å². The van der Waals surface area contributed by atoms with Gasteiger partial charge < -0.3 is 4.98 Å². The largest absolute Gasteiger partial charge is 0.345 e. The van der Waals surface area contributed by atoms with Crippen molar-refractivity contribution in [3.8, 4) is 0 Å². The van der Waals surface area contributed by atoms with Gasteiger partial charge >= 0.3 is 0 Å². The summed E-state index contributed by atoms with van der Waals surface area (Å²) in [7, 11) is 0. The smallest absolute Gasteiger partial charge is 0.111 e. The molecule has 0 aliphatic carbocycles. The van der Waals surface area contributed by atoms with Crippen molar-refractivity contribution < 1.29 is 0 Å². The van der Waals surface area contributed by atoms with Crippen molar-refractivity contribution in [3.63, 3.8) is 0 Å². The lowest BCUT2D eigenvalue weighted by Crippen LogP contribution is -2.22. The molecule has 1 N–H and O–H groups in total. The quantitative estimate of drug-likeness (QED) is 0.707. The van der Waals surface area contributed by atoms with E-state index in [0.29, 0.717) is 6.04 Å². The van der Waals surface area contributed by atoms with Crippen molar-refractivity contribution >= 4 is 21.6 Å². The maximum absolute atomic E-state index is 4.88. The molecule has 4 nitrogen and oxygen atoms in total. The number of likely N-dealkylation sites (tertiary alicyclic amines) is 1. The topological polar surface area (TPSA) is 44.8 Å². The number of thiazole rings is 1. The summed E-state index contributed by atoms with van der Waals surface area (Å²) >= 11 is 1.85. The number of aromatic nitrogens is 3. The molecule has 1 atom stereocenters. The van der Waals surface area contributed by atoms with Crippen LogP contribution in [0.1, 0.15) is 55.2 Å². The van der Waals surface area contributed by atoms with Gasteiger partial charge in [0.1, 0.15) is 10.8 Å². The summed E-state index contributed by atoms with van der Waals surface area (Å²) < 4.78 is 1.29. The summed E-state index contributed by atoms with van der Waals surface area (Å²) in [5.41, 5.74) is 2.36. The SMILES string of the molecule is CCCCc1ncc(CN2CCC[C@H]2c2nc3ccccc3s2)[nH]1. The summed E-state index contributed by atoms with van der Waals surface area (Å²) in [6.45, 7) is 4.31. The van der Waals surface area contributed by atoms with E-state index in [1.807, 2.05) is 17.5 Å². The second-order valence-corrected chi connectivity index (χ2v) is 7.67. The highest BCUT2D eigenvalue weighted by molar-refractivity contribution is 7.18. The number of aromatic amines is 1. The monoisotopic (exact) mass is 340 g/mol. The van der Waals surface area contributed by atoms with Gasteiger partial charge in [-0.05, 0) is 37.9 Å². The molecule has 1 fully saturated rings. The molecular weight excluding hydrogens is 316 g/mol. The Morgan fingerprint density at radius 3 is 3.12 bits per heavy atom. The maximum atomic E-state index is 4.88. The van der Waals surface area contributed by atoms with Gasteiger partial charge in [0.05, 0.1) is 16.3 Å². The molecule has 0 saturated carbocycles. The number of imidazole rings is 1. The van der Waals surface area contributed by atoms with Crippen LogP contribution in [0, 0.1) is 0 Å². The fraction of sp³-hybridized carbons (Fsp3) is 0.474. The number of H-pyrrole nitrogens is 1. The predicted octanol–water partition coefficient (Wildman–Crippen LogP) is 4.70. The Balaban J connectivity index is 1.49. The van der Waals surface area contributed by atoms with Crippen LogP contribution < -0.4 is 0 Å². The molecule has 1 saturated heterocycles. The number of nitrogens with one attached hydrogen (secondary N) is 1. The van der Waals surface area contributed by atoms with Crippen molar-refractivity contribution in [1.82, 2.24) is 19.9 Å². The molecule has 1 aliphatic heterocycles. The number of aryl methyl sites for hydroxylation is 1. The third kappa shape index (κ3) is 3.23. The van der Waals surface area contributed by atoms with E-state index in [9.17, 15) is 0 Å². The van der Waals surface area contributed by atoms with Crippen LogP contribution in [-0.4, -0.2) is 26.4 Å². The van der Waals surface area contributed by atoms with Gasteiger partial charge in [-0.25, -0.2) is 9.97 Å². The van der Waals surface area contributed by atoms with Crippen LogP contribution >= 0.6 is 11.3 Å². The highest BCUT2D eigenvalue weighted by Gasteiger charge is 2.29. The van der Waals surface area contributed by atoms with Gasteiger partial charge in [0, 0.05) is 24.9 Å². The highest BCUT2D eigenvalue weighted by atomic mass is 32.1. The van der Waals surface area contributed by atoms with E-state index in [1.54, 1.807) is 0 Å². The molecule has 3 heterocycles. The Morgan fingerprint density at radius 1 is 1.33 bits per heavy atom. The molecule has 5 heteroatoms. The van der Waals surface area contributed by atoms with Gasteiger partial charge in [-0.15, -0.1) is 11.3 Å². The Hall–Kier alpha value is -1.72. The minimum Gasteiger partial charge on any atom is -0.345 e. The number of hydrogen-bond acceptors (Lipinski definition) is 4. The Morgan fingerprint density at radius 2 is 2.25 bits per heavy atom. The van der Waals surface area contributed by atoms with E-state index in [0.717, 1.165) is 30.9 Å². The molecule has 0 amide bonds. The number of unbranched alkanes of at least 4 members (excludes halogenated alkanes) is 1. The van der Waals surface area contributed by atoms with Crippen molar-refractivity contribution in [2.45, 2.75) is 51.6 Å². The highest BCUT2D eigenvalue weighted by Crippen LogP contribution is 2.37. The zero-order valence-electron chi connectivity index (χ0n) is 14.2. The lowest BCUT2D eigenvalue weighted by atomic mass is 10.2. The minimum absolute atomic E-state index is 0.449. The molecular formula is C19H24N4S. The van der Waals surface area contributed by atoms with Gasteiger partial charge in [0.2, 0.25) is 0 Å². The maximum Gasteiger partial charge on any atom is 0.111 e. The lowest BCUT2D eigenvalue weighted by Gasteiger charge is -2.21. The fourth-order valence-corrected chi connectivity index (χ4v) is 4.64. The standard InChI is InChI=1S/C19H24N4S/c1-2-3-10-18-20-12-14(21-18)13-23-11-6-8-16(23)19-22-15-7-4-5-9-17(15)24-19/h4-5,7,9,12,16H,2-3,6,8,10-11,13H2,1H3,(H,20,21)/t16-/m0/s1. The van der Waals surface area contributed by atoms with Crippen molar-refractivity contribution in [3.05, 3.63) is 47.0 Å². The average molecular weight is 340 g/mol. The summed E-state index contributed by atoms with van der Waals surface area (Å²) in [6.07, 6.45) is 7.93. The van der Waals surface area contributed by atoms with Crippen molar-refractivity contribution in [2.24, 2.45) is 0 Å². The summed E-state index contributed by atoms with van der Waals surface area (Å²) in [4.78, 5) is 15.5. The second kappa shape index (κ2) is 7.03. The first kappa shape index (κ1) is 15.8. The van der Waals surface area contributed by atoms with Crippen LogP contribution in [0.5, 0.6) is 0 Å². The predicted molar refractivity (Wildman–Crippen MR) is 99.2 cm³/mol. The van der Waals surface area contributed by atoms with Crippen LogP contribution in [0.15, 0.2) is 30.5 Å². The Kier molecular flexibility index (Phi) is 4.63. The van der Waals surface area contributed by atoms with Gasteiger partial charge in [0.25, 0.3) is 0 Å². The van der Waals surface area contributed by atoms with Gasteiger partial charge in [-0.2, -0.15) is 0 Å². The molecule has 1 aliphatic rings. The van der Waals surface area contributed by atoms with Crippen LogP contribution in [0.3, 0.4) is 0 Å². The van der Waals surface area contributed by atoms with Crippen molar-refractivity contribution in [1.29, 1.82) is 0 Å². The minimum atomic E-state index is 0.449. The first-order chi connectivity index (χ1) is 11.8. The number of fused-ring (bicyclic) bond motifs is 1. The first-order valence-corrected chi connectivity index (χ1v) is 9.77. The van der Waals surface area contributed by atoms with Crippen LogP contribution in [0.25, 0.3) is 10.2 Å². The third-order valence-electron chi connectivity index (χ3n) is 4.78. The average Bonchev–Trinajstić information content (AvgIpc) is 3.32.